The second kappa shape index (κ2) is 6.25. The number of alkyl halides is 3. The molecule has 3 N–H and O–H groups in total. The van der Waals surface area contributed by atoms with Crippen LogP contribution < -0.4 is 11.1 Å². The minimum atomic E-state index is -4.15. The van der Waals surface area contributed by atoms with E-state index in [1.54, 1.807) is 18.2 Å². The lowest BCUT2D eigenvalue weighted by Crippen LogP contribution is -2.32. The van der Waals surface area contributed by atoms with E-state index in [0.29, 0.717) is 15.8 Å². The minimum Gasteiger partial charge on any atom is -0.399 e. The lowest BCUT2D eigenvalue weighted by atomic mass is 9.81. The van der Waals surface area contributed by atoms with Crippen molar-refractivity contribution in [3.8, 4) is 0 Å². The van der Waals surface area contributed by atoms with Crippen molar-refractivity contribution in [2.24, 2.45) is 11.8 Å². The van der Waals surface area contributed by atoms with Crippen molar-refractivity contribution in [3.63, 3.8) is 0 Å². The van der Waals surface area contributed by atoms with Gasteiger partial charge in [0, 0.05) is 16.1 Å². The molecule has 116 valence electrons. The first-order chi connectivity index (χ1) is 9.77. The molecule has 1 amide bonds. The molecule has 0 aliphatic heterocycles. The van der Waals surface area contributed by atoms with E-state index in [1.165, 1.54) is 0 Å². The van der Waals surface area contributed by atoms with Gasteiger partial charge in [0.1, 0.15) is 0 Å². The minimum absolute atomic E-state index is 0.0183. The number of nitrogens with one attached hydrogen (secondary N) is 1. The molecule has 0 saturated heterocycles. The maximum Gasteiger partial charge on any atom is 0.391 e. The van der Waals surface area contributed by atoms with Crippen molar-refractivity contribution in [2.75, 3.05) is 11.1 Å². The molecular formula is C14H16BrF3N2O. The molecule has 0 atom stereocenters. The Labute approximate surface area is 129 Å². The number of nitrogens with two attached hydrogens (primary N) is 1. The third-order valence-corrected chi connectivity index (χ3v) is 4.47. The summed E-state index contributed by atoms with van der Waals surface area (Å²) in [6, 6.07) is 4.98. The van der Waals surface area contributed by atoms with Crippen molar-refractivity contribution in [1.82, 2.24) is 0 Å². The molecule has 0 radical (unpaired) electrons. The number of hydrogen-bond acceptors (Lipinski definition) is 2. The van der Waals surface area contributed by atoms with Crippen molar-refractivity contribution in [1.29, 1.82) is 0 Å². The molecule has 0 bridgehead atoms. The van der Waals surface area contributed by atoms with E-state index in [2.05, 4.69) is 21.2 Å². The zero-order chi connectivity index (χ0) is 15.6. The number of carbonyl (C=O) groups is 1. The molecule has 1 fully saturated rings. The molecule has 1 aromatic carbocycles. The fourth-order valence-electron chi connectivity index (χ4n) is 2.55. The van der Waals surface area contributed by atoms with Gasteiger partial charge in [0.05, 0.1) is 11.6 Å². The predicted octanol–water partition coefficient (Wildman–Crippen LogP) is 4.34. The Morgan fingerprint density at radius 2 is 1.86 bits per heavy atom. The van der Waals surface area contributed by atoms with E-state index in [-0.39, 0.29) is 37.5 Å². The van der Waals surface area contributed by atoms with Gasteiger partial charge in [-0.15, -0.1) is 0 Å². The van der Waals surface area contributed by atoms with E-state index < -0.39 is 12.1 Å². The molecule has 0 heterocycles. The Morgan fingerprint density at radius 1 is 1.24 bits per heavy atom. The van der Waals surface area contributed by atoms with Crippen LogP contribution in [-0.4, -0.2) is 12.1 Å². The van der Waals surface area contributed by atoms with Gasteiger partial charge in [0.2, 0.25) is 5.91 Å². The zero-order valence-electron chi connectivity index (χ0n) is 11.2. The van der Waals surface area contributed by atoms with E-state index >= 15 is 0 Å². The maximum absolute atomic E-state index is 12.6. The largest absolute Gasteiger partial charge is 0.399 e. The van der Waals surface area contributed by atoms with Crippen molar-refractivity contribution >= 4 is 33.2 Å². The van der Waals surface area contributed by atoms with Crippen LogP contribution in [0, 0.1) is 11.8 Å². The molecule has 1 aliphatic rings. The van der Waals surface area contributed by atoms with E-state index in [1.807, 2.05) is 0 Å². The van der Waals surface area contributed by atoms with Gasteiger partial charge in [-0.25, -0.2) is 0 Å². The highest BCUT2D eigenvalue weighted by molar-refractivity contribution is 9.10. The van der Waals surface area contributed by atoms with E-state index in [4.69, 9.17) is 5.73 Å². The normalized spacial score (nSPS) is 22.9. The van der Waals surface area contributed by atoms with Crippen LogP contribution in [0.5, 0.6) is 0 Å². The second-order valence-electron chi connectivity index (χ2n) is 5.32. The van der Waals surface area contributed by atoms with Crippen molar-refractivity contribution in [2.45, 2.75) is 31.9 Å². The first-order valence-electron chi connectivity index (χ1n) is 6.70. The van der Waals surface area contributed by atoms with Crippen LogP contribution in [0.25, 0.3) is 0 Å². The summed E-state index contributed by atoms with van der Waals surface area (Å²) in [4.78, 5) is 12.1. The number of anilines is 2. The third kappa shape index (κ3) is 4.12. The molecule has 2 rings (SSSR count). The summed E-state index contributed by atoms with van der Waals surface area (Å²) in [5, 5.41) is 2.74. The second-order valence-corrected chi connectivity index (χ2v) is 6.17. The van der Waals surface area contributed by atoms with E-state index in [0.717, 1.165) is 0 Å². The van der Waals surface area contributed by atoms with Gasteiger partial charge >= 0.3 is 6.18 Å². The highest BCUT2D eigenvalue weighted by Crippen LogP contribution is 2.40. The summed E-state index contributed by atoms with van der Waals surface area (Å²) >= 11 is 3.29. The van der Waals surface area contributed by atoms with Gasteiger partial charge in [-0.05, 0) is 59.8 Å². The molecule has 1 aromatic rings. The SMILES string of the molecule is Nc1ccc(NC(=O)C2CCC(C(F)(F)F)CC2)c(Br)c1. The number of benzene rings is 1. The Bertz CT molecular complexity index is 525. The quantitative estimate of drug-likeness (QED) is 0.767. The molecule has 1 aliphatic carbocycles. The highest BCUT2D eigenvalue weighted by atomic mass is 79.9. The van der Waals surface area contributed by atoms with Gasteiger partial charge in [0.25, 0.3) is 0 Å². The number of hydrogen-bond donors (Lipinski definition) is 2. The van der Waals surface area contributed by atoms with Crippen LogP contribution in [-0.2, 0) is 4.79 Å². The summed E-state index contributed by atoms with van der Waals surface area (Å²) in [5.41, 5.74) is 6.74. The van der Waals surface area contributed by atoms with Crippen LogP contribution in [0.15, 0.2) is 22.7 Å². The van der Waals surface area contributed by atoms with Crippen LogP contribution >= 0.6 is 15.9 Å². The third-order valence-electron chi connectivity index (χ3n) is 3.81. The van der Waals surface area contributed by atoms with Crippen molar-refractivity contribution < 1.29 is 18.0 Å². The van der Waals surface area contributed by atoms with Gasteiger partial charge in [-0.2, -0.15) is 13.2 Å². The van der Waals surface area contributed by atoms with Crippen molar-refractivity contribution in [3.05, 3.63) is 22.7 Å². The van der Waals surface area contributed by atoms with Crippen LogP contribution in [0.1, 0.15) is 25.7 Å². The van der Waals surface area contributed by atoms with Crippen LogP contribution in [0.3, 0.4) is 0 Å². The lowest BCUT2D eigenvalue weighted by molar-refractivity contribution is -0.184. The average Bonchev–Trinajstić information content (AvgIpc) is 2.41. The Kier molecular flexibility index (Phi) is 4.81. The van der Waals surface area contributed by atoms with Crippen LogP contribution in [0.4, 0.5) is 24.5 Å². The Hall–Kier alpha value is -1.24. The number of carbonyl (C=O) groups excluding carboxylic acids is 1. The number of amides is 1. The fraction of sp³-hybridized carbons (Fsp3) is 0.500. The van der Waals surface area contributed by atoms with Crippen LogP contribution in [0.2, 0.25) is 0 Å². The first-order valence-corrected chi connectivity index (χ1v) is 7.49. The standard InChI is InChI=1S/C14H16BrF3N2O/c15-11-7-10(19)5-6-12(11)20-13(21)8-1-3-9(4-2-8)14(16,17)18/h5-9H,1-4,19H2,(H,20,21). The smallest absolute Gasteiger partial charge is 0.391 e. The fourth-order valence-corrected chi connectivity index (χ4v) is 3.05. The molecule has 0 unspecified atom stereocenters. The zero-order valence-corrected chi connectivity index (χ0v) is 12.8. The molecule has 1 saturated carbocycles. The van der Waals surface area contributed by atoms with Gasteiger partial charge in [0.15, 0.2) is 0 Å². The van der Waals surface area contributed by atoms with Gasteiger partial charge < -0.3 is 11.1 Å². The van der Waals surface area contributed by atoms with Gasteiger partial charge in [-0.3, -0.25) is 4.79 Å². The summed E-state index contributed by atoms with van der Waals surface area (Å²) in [6.07, 6.45) is -3.58. The lowest BCUT2D eigenvalue weighted by Gasteiger charge is -2.29. The highest BCUT2D eigenvalue weighted by Gasteiger charge is 2.42. The average molecular weight is 365 g/mol. The molecule has 0 aromatic heterocycles. The molecule has 0 spiro atoms. The molecule has 3 nitrogen and oxygen atoms in total. The number of nitrogen functional groups attached to an aromatic ring is 1. The first kappa shape index (κ1) is 16.1. The Morgan fingerprint density at radius 3 is 2.38 bits per heavy atom. The summed E-state index contributed by atoms with van der Waals surface area (Å²) in [7, 11) is 0. The molecular weight excluding hydrogens is 349 g/mol. The summed E-state index contributed by atoms with van der Waals surface area (Å²) < 4.78 is 38.4. The predicted molar refractivity (Wildman–Crippen MR) is 78.7 cm³/mol. The summed E-state index contributed by atoms with van der Waals surface area (Å²) in [6.45, 7) is 0. The molecule has 21 heavy (non-hydrogen) atoms. The summed E-state index contributed by atoms with van der Waals surface area (Å²) in [5.74, 6) is -1.88. The Balaban J connectivity index is 1.93. The van der Waals surface area contributed by atoms with Gasteiger partial charge in [-0.1, -0.05) is 0 Å². The van der Waals surface area contributed by atoms with E-state index in [9.17, 15) is 18.0 Å². The maximum atomic E-state index is 12.6. The monoisotopic (exact) mass is 364 g/mol. The topological polar surface area (TPSA) is 55.1 Å². The number of halogens is 4. The number of rotatable bonds is 2. The molecule has 7 heteroatoms.